The number of nitrogens with one attached hydrogen (secondary N) is 1. The number of unbranched alkanes of at least 4 members (excludes halogenated alkanes) is 1. The van der Waals surface area contributed by atoms with Crippen molar-refractivity contribution >= 4 is 33.3 Å². The van der Waals surface area contributed by atoms with Gasteiger partial charge in [-0.2, -0.15) is 0 Å². The van der Waals surface area contributed by atoms with Gasteiger partial charge in [0.15, 0.2) is 10.7 Å². The van der Waals surface area contributed by atoms with Gasteiger partial charge in [-0.25, -0.2) is 8.42 Å². The van der Waals surface area contributed by atoms with Crippen molar-refractivity contribution in [1.29, 1.82) is 0 Å². The second-order valence-corrected chi connectivity index (χ2v) is 7.74. The Kier molecular flexibility index (Phi) is 6.88. The number of esters is 1. The van der Waals surface area contributed by atoms with Crippen molar-refractivity contribution in [2.75, 3.05) is 11.8 Å². The summed E-state index contributed by atoms with van der Waals surface area (Å²) in [5, 5.41) is 4.10. The van der Waals surface area contributed by atoms with Crippen LogP contribution < -0.4 is 4.72 Å². The maximum Gasteiger partial charge on any atom is 0.305 e. The van der Waals surface area contributed by atoms with Gasteiger partial charge in [-0.1, -0.05) is 28.6 Å². The molecular formula is C18H19ClN2O5S. The van der Waals surface area contributed by atoms with Gasteiger partial charge in [0.2, 0.25) is 0 Å². The van der Waals surface area contributed by atoms with Gasteiger partial charge in [0.25, 0.3) is 10.0 Å². The number of aryl methyl sites for hydroxylation is 2. The molecule has 0 aliphatic carbocycles. The molecule has 9 heteroatoms. The minimum absolute atomic E-state index is 0.00515. The number of carbonyl (C=O) groups excluding carboxylic acids is 1. The van der Waals surface area contributed by atoms with Crippen molar-refractivity contribution in [2.24, 2.45) is 0 Å². The molecule has 0 atom stereocenters. The predicted octanol–water partition coefficient (Wildman–Crippen LogP) is 3.44. The van der Waals surface area contributed by atoms with Crippen LogP contribution in [-0.2, 0) is 19.6 Å². The van der Waals surface area contributed by atoms with Gasteiger partial charge in [-0.15, -0.1) is 0 Å². The van der Waals surface area contributed by atoms with Crippen LogP contribution >= 0.6 is 11.6 Å². The van der Waals surface area contributed by atoms with Gasteiger partial charge in [0.05, 0.1) is 18.4 Å². The first-order valence-electron chi connectivity index (χ1n) is 8.05. The highest BCUT2D eigenvalue weighted by Gasteiger charge is 2.25. The van der Waals surface area contributed by atoms with Crippen LogP contribution in [0.3, 0.4) is 0 Å². The number of methoxy groups -OCH3 is 1. The van der Waals surface area contributed by atoms with Gasteiger partial charge in [0.1, 0.15) is 5.69 Å². The zero-order chi connectivity index (χ0) is 20.0. The molecule has 1 N–H and O–H groups in total. The molecule has 0 unspecified atom stereocenters. The van der Waals surface area contributed by atoms with Crippen LogP contribution in [0.25, 0.3) is 0 Å². The van der Waals surface area contributed by atoms with Crippen LogP contribution in [0.15, 0.2) is 27.6 Å². The van der Waals surface area contributed by atoms with Gasteiger partial charge in [0, 0.05) is 17.9 Å². The minimum atomic E-state index is -3.89. The van der Waals surface area contributed by atoms with E-state index in [0.717, 1.165) is 0 Å². The smallest absolute Gasteiger partial charge is 0.305 e. The van der Waals surface area contributed by atoms with Crippen LogP contribution in [0, 0.1) is 25.7 Å². The Morgan fingerprint density at radius 2 is 2.11 bits per heavy atom. The van der Waals surface area contributed by atoms with Crippen molar-refractivity contribution in [2.45, 2.75) is 38.0 Å². The molecular weight excluding hydrogens is 392 g/mol. The molecule has 1 aromatic carbocycles. The number of carbonyl (C=O) groups is 1. The molecule has 0 spiro atoms. The zero-order valence-electron chi connectivity index (χ0n) is 15.1. The maximum atomic E-state index is 12.7. The lowest BCUT2D eigenvalue weighted by Crippen LogP contribution is -2.15. The molecule has 1 heterocycles. The van der Waals surface area contributed by atoms with Crippen molar-refractivity contribution in [3.63, 3.8) is 0 Å². The second-order valence-electron chi connectivity index (χ2n) is 5.68. The number of hydrogen-bond acceptors (Lipinski definition) is 6. The molecule has 1 aromatic heterocycles. The monoisotopic (exact) mass is 410 g/mol. The lowest BCUT2D eigenvalue weighted by Gasteiger charge is -2.10. The zero-order valence-corrected chi connectivity index (χ0v) is 16.7. The third-order valence-corrected chi connectivity index (χ3v) is 5.44. The fourth-order valence-electron chi connectivity index (χ4n) is 2.34. The minimum Gasteiger partial charge on any atom is -0.469 e. The third kappa shape index (κ3) is 5.49. The van der Waals surface area contributed by atoms with Crippen molar-refractivity contribution < 1.29 is 22.5 Å². The van der Waals surface area contributed by atoms with Gasteiger partial charge in [-0.05, 0) is 38.5 Å². The van der Waals surface area contributed by atoms with Gasteiger partial charge in [-0.3, -0.25) is 9.52 Å². The predicted molar refractivity (Wildman–Crippen MR) is 101 cm³/mol. The molecule has 0 fully saturated rings. The van der Waals surface area contributed by atoms with Crippen LogP contribution in [-0.4, -0.2) is 26.7 Å². The van der Waals surface area contributed by atoms with Crippen LogP contribution in [0.1, 0.15) is 36.3 Å². The number of sulfonamides is 1. The third-order valence-electron chi connectivity index (χ3n) is 3.60. The lowest BCUT2D eigenvalue weighted by molar-refractivity contribution is -0.140. The number of nitrogens with zero attached hydrogens (tertiary/aromatic N) is 1. The summed E-state index contributed by atoms with van der Waals surface area (Å²) in [5.41, 5.74) is 0.986. The summed E-state index contributed by atoms with van der Waals surface area (Å²) in [5.74, 6) is 5.70. The van der Waals surface area contributed by atoms with E-state index in [4.69, 9.17) is 16.1 Å². The number of hydrogen-bond donors (Lipinski definition) is 1. The van der Waals surface area contributed by atoms with E-state index in [9.17, 15) is 13.2 Å². The highest BCUT2D eigenvalue weighted by Crippen LogP contribution is 2.26. The Bertz CT molecular complexity index is 983. The number of rotatable bonds is 6. The lowest BCUT2D eigenvalue weighted by atomic mass is 10.1. The van der Waals surface area contributed by atoms with Crippen molar-refractivity contribution in [3.8, 4) is 11.8 Å². The molecule has 0 radical (unpaired) electrons. The Morgan fingerprint density at radius 1 is 1.37 bits per heavy atom. The van der Waals surface area contributed by atoms with E-state index in [1.165, 1.54) is 20.1 Å². The topological polar surface area (TPSA) is 98.5 Å². The van der Waals surface area contributed by atoms with E-state index in [2.05, 4.69) is 26.5 Å². The van der Waals surface area contributed by atoms with E-state index >= 15 is 0 Å². The average molecular weight is 411 g/mol. The first kappa shape index (κ1) is 20.8. The molecule has 0 saturated carbocycles. The molecule has 144 valence electrons. The summed E-state index contributed by atoms with van der Waals surface area (Å²) in [4.78, 5) is 11.1. The van der Waals surface area contributed by atoms with Crippen molar-refractivity contribution in [1.82, 2.24) is 5.16 Å². The molecule has 0 aliphatic heterocycles. The quantitative estimate of drug-likeness (QED) is 0.445. The molecule has 0 saturated heterocycles. The Hall–Kier alpha value is -2.50. The van der Waals surface area contributed by atoms with E-state index in [1.807, 2.05) is 0 Å². The second kappa shape index (κ2) is 8.93. The number of anilines is 1. The fourth-order valence-corrected chi connectivity index (χ4v) is 3.93. The normalized spacial score (nSPS) is 10.8. The van der Waals surface area contributed by atoms with Crippen LogP contribution in [0.4, 0.5) is 5.69 Å². The summed E-state index contributed by atoms with van der Waals surface area (Å²) in [6, 6.07) is 4.67. The molecule has 0 bridgehead atoms. The maximum absolute atomic E-state index is 12.7. The summed E-state index contributed by atoms with van der Waals surface area (Å²) >= 11 is 6.01. The number of benzene rings is 1. The summed E-state index contributed by atoms with van der Waals surface area (Å²) in [6.07, 6.45) is 1.27. The molecule has 2 rings (SSSR count). The molecule has 0 aliphatic rings. The highest BCUT2D eigenvalue weighted by atomic mass is 35.5. The molecule has 0 amide bonds. The summed E-state index contributed by atoms with van der Waals surface area (Å²) < 4.78 is 37.4. The number of halogens is 1. The SMILES string of the molecule is COC(=O)CCCC#Cc1cc(Cl)ccc1NS(=O)(=O)c1c(C)noc1C. The van der Waals surface area contributed by atoms with Crippen LogP contribution in [0.2, 0.25) is 5.02 Å². The first-order chi connectivity index (χ1) is 12.7. The van der Waals surface area contributed by atoms with Crippen LogP contribution in [0.5, 0.6) is 0 Å². The number of aromatic nitrogens is 1. The van der Waals surface area contributed by atoms with E-state index in [-0.39, 0.29) is 28.7 Å². The van der Waals surface area contributed by atoms with Gasteiger partial charge >= 0.3 is 5.97 Å². The molecule has 7 nitrogen and oxygen atoms in total. The van der Waals surface area contributed by atoms with E-state index in [0.29, 0.717) is 29.1 Å². The Morgan fingerprint density at radius 3 is 2.74 bits per heavy atom. The van der Waals surface area contributed by atoms with E-state index < -0.39 is 10.0 Å². The largest absolute Gasteiger partial charge is 0.469 e. The van der Waals surface area contributed by atoms with Gasteiger partial charge < -0.3 is 9.26 Å². The Labute approximate surface area is 163 Å². The summed E-state index contributed by atoms with van der Waals surface area (Å²) in [7, 11) is -2.56. The molecule has 2 aromatic rings. The summed E-state index contributed by atoms with van der Waals surface area (Å²) in [6.45, 7) is 3.08. The number of ether oxygens (including phenoxy) is 1. The fraction of sp³-hybridized carbons (Fsp3) is 0.333. The molecule has 27 heavy (non-hydrogen) atoms. The standard InChI is InChI=1S/C18H19ClN2O5S/c1-12-18(13(2)26-20-12)27(23,24)21-16-10-9-15(19)11-14(16)7-5-4-6-8-17(22)25-3/h9-11,21H,4,6,8H2,1-3H3. The first-order valence-corrected chi connectivity index (χ1v) is 9.91. The highest BCUT2D eigenvalue weighted by molar-refractivity contribution is 7.92. The Balaban J connectivity index is 2.22. The van der Waals surface area contributed by atoms with E-state index in [1.54, 1.807) is 19.1 Å². The average Bonchev–Trinajstić information content (AvgIpc) is 2.95. The van der Waals surface area contributed by atoms with Crippen molar-refractivity contribution in [3.05, 3.63) is 40.2 Å².